The maximum absolute atomic E-state index is 11.7. The molecule has 0 aliphatic carbocycles. The Kier molecular flexibility index (Phi) is 4.65. The number of amides is 1. The van der Waals surface area contributed by atoms with Crippen molar-refractivity contribution in [2.24, 2.45) is 0 Å². The van der Waals surface area contributed by atoms with Gasteiger partial charge in [0.2, 0.25) is 0 Å². The average Bonchev–Trinajstić information content (AvgIpc) is 2.76. The number of imidazole rings is 1. The maximum atomic E-state index is 11.7. The first kappa shape index (κ1) is 14.8. The van der Waals surface area contributed by atoms with E-state index in [-0.39, 0.29) is 6.09 Å². The van der Waals surface area contributed by atoms with Gasteiger partial charge in [-0.25, -0.2) is 9.78 Å². The molecule has 1 amide bonds. The summed E-state index contributed by atoms with van der Waals surface area (Å²) in [5.74, 6) is 1.02. The zero-order chi connectivity index (χ0) is 14.6. The SMILES string of the molecule is CC(C)(C)OC(=O)N1CC(NCCCc2ncc[nH]2)C1. The number of hydrogen-bond donors (Lipinski definition) is 2. The molecule has 20 heavy (non-hydrogen) atoms. The summed E-state index contributed by atoms with van der Waals surface area (Å²) in [5.41, 5.74) is -0.418. The fourth-order valence-corrected chi connectivity index (χ4v) is 2.08. The van der Waals surface area contributed by atoms with Crippen molar-refractivity contribution >= 4 is 6.09 Å². The van der Waals surface area contributed by atoms with Crippen molar-refractivity contribution in [3.63, 3.8) is 0 Å². The van der Waals surface area contributed by atoms with Gasteiger partial charge in [-0.1, -0.05) is 0 Å². The molecule has 1 aromatic rings. The third kappa shape index (κ3) is 4.52. The lowest BCUT2D eigenvalue weighted by Crippen LogP contribution is -2.60. The number of nitrogens with one attached hydrogen (secondary N) is 2. The molecule has 0 saturated carbocycles. The number of aryl methyl sites for hydroxylation is 1. The minimum atomic E-state index is -0.418. The summed E-state index contributed by atoms with van der Waals surface area (Å²) in [5, 5.41) is 3.44. The molecular weight excluding hydrogens is 256 g/mol. The fraction of sp³-hybridized carbons (Fsp3) is 0.714. The van der Waals surface area contributed by atoms with Crippen LogP contribution in [0.3, 0.4) is 0 Å². The van der Waals surface area contributed by atoms with Gasteiger partial charge in [0.15, 0.2) is 0 Å². The van der Waals surface area contributed by atoms with E-state index in [9.17, 15) is 4.79 Å². The second kappa shape index (κ2) is 6.26. The molecule has 2 N–H and O–H groups in total. The maximum Gasteiger partial charge on any atom is 0.410 e. The molecule has 1 aliphatic heterocycles. The van der Waals surface area contributed by atoms with E-state index in [1.54, 1.807) is 11.1 Å². The highest BCUT2D eigenvalue weighted by Crippen LogP contribution is 2.15. The molecule has 2 heterocycles. The molecule has 0 atom stereocenters. The van der Waals surface area contributed by atoms with E-state index < -0.39 is 5.60 Å². The Hall–Kier alpha value is -1.56. The minimum Gasteiger partial charge on any atom is -0.444 e. The number of carbonyl (C=O) groups is 1. The van der Waals surface area contributed by atoms with Crippen LogP contribution < -0.4 is 5.32 Å². The third-order valence-corrected chi connectivity index (χ3v) is 3.11. The molecular formula is C14H24N4O2. The van der Waals surface area contributed by atoms with Crippen molar-refractivity contribution in [2.45, 2.75) is 45.3 Å². The van der Waals surface area contributed by atoms with Crippen LogP contribution in [0.25, 0.3) is 0 Å². The summed E-state index contributed by atoms with van der Waals surface area (Å²) in [6, 6.07) is 0.388. The van der Waals surface area contributed by atoms with Crippen molar-refractivity contribution in [1.29, 1.82) is 0 Å². The first-order valence-electron chi connectivity index (χ1n) is 7.13. The summed E-state index contributed by atoms with van der Waals surface area (Å²) in [6.45, 7) is 8.05. The van der Waals surface area contributed by atoms with Crippen molar-refractivity contribution in [3.8, 4) is 0 Å². The summed E-state index contributed by atoms with van der Waals surface area (Å²) in [4.78, 5) is 20.7. The number of rotatable bonds is 5. The van der Waals surface area contributed by atoms with Gasteiger partial charge in [-0.2, -0.15) is 0 Å². The van der Waals surface area contributed by atoms with Gasteiger partial charge in [-0.3, -0.25) is 0 Å². The first-order chi connectivity index (χ1) is 9.44. The monoisotopic (exact) mass is 280 g/mol. The normalized spacial score (nSPS) is 16.1. The van der Waals surface area contributed by atoms with Gasteiger partial charge in [0.1, 0.15) is 11.4 Å². The predicted molar refractivity (Wildman–Crippen MR) is 76.5 cm³/mol. The van der Waals surface area contributed by atoms with E-state index >= 15 is 0 Å². The van der Waals surface area contributed by atoms with Gasteiger partial charge < -0.3 is 19.9 Å². The minimum absolute atomic E-state index is 0.217. The first-order valence-corrected chi connectivity index (χ1v) is 7.13. The molecule has 2 rings (SSSR count). The highest BCUT2D eigenvalue weighted by Gasteiger charge is 2.33. The molecule has 0 aromatic carbocycles. The Bertz CT molecular complexity index is 419. The Balaban J connectivity index is 1.54. The summed E-state index contributed by atoms with van der Waals surface area (Å²) in [6.07, 6.45) is 5.38. The van der Waals surface area contributed by atoms with Gasteiger partial charge in [-0.15, -0.1) is 0 Å². The Morgan fingerprint density at radius 2 is 2.30 bits per heavy atom. The van der Waals surface area contributed by atoms with Crippen LogP contribution in [0.5, 0.6) is 0 Å². The van der Waals surface area contributed by atoms with E-state index in [0.717, 1.165) is 38.3 Å². The molecule has 1 aliphatic rings. The molecule has 1 fully saturated rings. The summed E-state index contributed by atoms with van der Waals surface area (Å²) in [7, 11) is 0. The lowest BCUT2D eigenvalue weighted by atomic mass is 10.1. The Morgan fingerprint density at radius 1 is 1.55 bits per heavy atom. The summed E-state index contributed by atoms with van der Waals surface area (Å²) < 4.78 is 5.31. The number of ether oxygens (including phenoxy) is 1. The lowest BCUT2D eigenvalue weighted by molar-refractivity contribution is 0.00537. The highest BCUT2D eigenvalue weighted by molar-refractivity contribution is 5.69. The molecule has 0 spiro atoms. The quantitative estimate of drug-likeness (QED) is 0.803. The van der Waals surface area contributed by atoms with Gasteiger partial charge in [0.05, 0.1) is 0 Å². The zero-order valence-electron chi connectivity index (χ0n) is 12.5. The zero-order valence-corrected chi connectivity index (χ0v) is 12.5. The van der Waals surface area contributed by atoms with E-state index in [1.165, 1.54) is 0 Å². The van der Waals surface area contributed by atoms with Gasteiger partial charge >= 0.3 is 6.09 Å². The van der Waals surface area contributed by atoms with E-state index in [2.05, 4.69) is 15.3 Å². The number of H-pyrrole nitrogens is 1. The van der Waals surface area contributed by atoms with E-state index in [4.69, 9.17) is 4.74 Å². The standard InChI is InChI=1S/C14H24N4O2/c1-14(2,3)20-13(19)18-9-11(10-18)15-6-4-5-12-16-7-8-17-12/h7-8,11,15H,4-6,9-10H2,1-3H3,(H,16,17). The molecule has 6 nitrogen and oxygen atoms in total. The van der Waals surface area contributed by atoms with Crippen molar-refractivity contribution in [1.82, 2.24) is 20.2 Å². The molecule has 1 aromatic heterocycles. The number of hydrogen-bond acceptors (Lipinski definition) is 4. The molecule has 0 bridgehead atoms. The third-order valence-electron chi connectivity index (χ3n) is 3.11. The molecule has 6 heteroatoms. The topological polar surface area (TPSA) is 70.2 Å². The largest absolute Gasteiger partial charge is 0.444 e. The average molecular weight is 280 g/mol. The van der Waals surface area contributed by atoms with Gasteiger partial charge in [-0.05, 0) is 33.7 Å². The van der Waals surface area contributed by atoms with Crippen molar-refractivity contribution < 1.29 is 9.53 Å². The second-order valence-corrected chi connectivity index (χ2v) is 6.18. The number of likely N-dealkylation sites (tertiary alicyclic amines) is 1. The molecule has 0 unspecified atom stereocenters. The van der Waals surface area contributed by atoms with Crippen LogP contribution in [0.1, 0.15) is 33.0 Å². The van der Waals surface area contributed by atoms with Crippen LogP contribution in [-0.2, 0) is 11.2 Å². The van der Waals surface area contributed by atoms with Crippen LogP contribution in [0, 0.1) is 0 Å². The van der Waals surface area contributed by atoms with Crippen LogP contribution in [0.4, 0.5) is 4.79 Å². The molecule has 0 radical (unpaired) electrons. The Labute approximate surface area is 119 Å². The highest BCUT2D eigenvalue weighted by atomic mass is 16.6. The Morgan fingerprint density at radius 3 is 2.90 bits per heavy atom. The van der Waals surface area contributed by atoms with Gasteiger partial charge in [0.25, 0.3) is 0 Å². The van der Waals surface area contributed by atoms with Crippen LogP contribution in [-0.4, -0.2) is 52.2 Å². The lowest BCUT2D eigenvalue weighted by Gasteiger charge is -2.40. The number of nitrogens with zero attached hydrogens (tertiary/aromatic N) is 2. The van der Waals surface area contributed by atoms with Crippen LogP contribution in [0.2, 0.25) is 0 Å². The van der Waals surface area contributed by atoms with E-state index in [0.29, 0.717) is 6.04 Å². The smallest absolute Gasteiger partial charge is 0.410 e. The predicted octanol–water partition coefficient (Wildman–Crippen LogP) is 1.55. The van der Waals surface area contributed by atoms with Crippen molar-refractivity contribution in [3.05, 3.63) is 18.2 Å². The molecule has 1 saturated heterocycles. The van der Waals surface area contributed by atoms with E-state index in [1.807, 2.05) is 27.0 Å². The van der Waals surface area contributed by atoms with Crippen LogP contribution in [0.15, 0.2) is 12.4 Å². The van der Waals surface area contributed by atoms with Crippen molar-refractivity contribution in [2.75, 3.05) is 19.6 Å². The van der Waals surface area contributed by atoms with Gasteiger partial charge in [0, 0.05) is 37.9 Å². The second-order valence-electron chi connectivity index (χ2n) is 6.18. The number of carbonyl (C=O) groups excluding carboxylic acids is 1. The number of aromatic nitrogens is 2. The fourth-order valence-electron chi connectivity index (χ4n) is 2.08. The molecule has 112 valence electrons. The number of aromatic amines is 1. The van der Waals surface area contributed by atoms with Crippen LogP contribution >= 0.6 is 0 Å². The summed E-state index contributed by atoms with van der Waals surface area (Å²) >= 11 is 0.